The maximum absolute atomic E-state index is 13.2. The number of benzene rings is 3. The number of ether oxygens (including phenoxy) is 1. The van der Waals surface area contributed by atoms with Crippen LogP contribution >= 0.6 is 0 Å². The SMILES string of the molecule is CC(C)c1c(-c2cccc3ccccc23)n(COCc2ccc(F)cc2)c(=O)n(O)c1=O. The Morgan fingerprint density at radius 1 is 0.969 bits per heavy atom. The number of hydrogen-bond acceptors (Lipinski definition) is 4. The molecule has 6 nitrogen and oxygen atoms in total. The third-order valence-electron chi connectivity index (χ3n) is 5.38. The van der Waals surface area contributed by atoms with Crippen LogP contribution in [0.3, 0.4) is 0 Å². The lowest BCUT2D eigenvalue weighted by Gasteiger charge is -2.20. The van der Waals surface area contributed by atoms with Gasteiger partial charge in [-0.2, -0.15) is 0 Å². The lowest BCUT2D eigenvalue weighted by atomic mass is 9.94. The van der Waals surface area contributed by atoms with Crippen molar-refractivity contribution in [2.24, 2.45) is 0 Å². The fraction of sp³-hybridized carbons (Fsp3) is 0.200. The largest absolute Gasteiger partial charge is 0.421 e. The summed E-state index contributed by atoms with van der Waals surface area (Å²) in [5, 5.41) is 12.1. The van der Waals surface area contributed by atoms with Gasteiger partial charge in [0.05, 0.1) is 12.3 Å². The van der Waals surface area contributed by atoms with Gasteiger partial charge in [0.25, 0.3) is 5.56 Å². The van der Waals surface area contributed by atoms with E-state index in [1.807, 2.05) is 56.3 Å². The van der Waals surface area contributed by atoms with Crippen molar-refractivity contribution < 1.29 is 14.3 Å². The lowest BCUT2D eigenvalue weighted by molar-refractivity contribution is 0.0531. The van der Waals surface area contributed by atoms with Gasteiger partial charge in [-0.15, -0.1) is 0 Å². The Morgan fingerprint density at radius 2 is 1.66 bits per heavy atom. The molecule has 0 radical (unpaired) electrons. The first-order valence-electron chi connectivity index (χ1n) is 10.3. The molecule has 0 fully saturated rings. The topological polar surface area (TPSA) is 73.5 Å². The smallest absolute Gasteiger partial charge is 0.366 e. The van der Waals surface area contributed by atoms with Gasteiger partial charge in [0.15, 0.2) is 0 Å². The van der Waals surface area contributed by atoms with E-state index >= 15 is 0 Å². The number of nitrogens with zero attached hydrogens (tertiary/aromatic N) is 2. The molecule has 1 heterocycles. The van der Waals surface area contributed by atoms with Gasteiger partial charge >= 0.3 is 5.69 Å². The van der Waals surface area contributed by atoms with Crippen LogP contribution in [0.4, 0.5) is 4.39 Å². The van der Waals surface area contributed by atoms with E-state index in [2.05, 4.69) is 0 Å². The van der Waals surface area contributed by atoms with Gasteiger partial charge in [0.2, 0.25) is 0 Å². The van der Waals surface area contributed by atoms with E-state index in [1.54, 1.807) is 12.1 Å². The van der Waals surface area contributed by atoms with E-state index < -0.39 is 11.2 Å². The van der Waals surface area contributed by atoms with E-state index in [0.29, 0.717) is 16.8 Å². The molecule has 32 heavy (non-hydrogen) atoms. The second kappa shape index (κ2) is 8.80. The molecule has 0 aliphatic carbocycles. The predicted molar refractivity (Wildman–Crippen MR) is 120 cm³/mol. The summed E-state index contributed by atoms with van der Waals surface area (Å²) in [6.07, 6.45) is 0. The Bertz CT molecular complexity index is 1380. The van der Waals surface area contributed by atoms with Gasteiger partial charge in [0, 0.05) is 11.1 Å². The molecule has 0 unspecified atom stereocenters. The van der Waals surface area contributed by atoms with E-state index in [9.17, 15) is 19.2 Å². The summed E-state index contributed by atoms with van der Waals surface area (Å²) < 4.78 is 20.3. The molecular weight excluding hydrogens is 411 g/mol. The average molecular weight is 434 g/mol. The zero-order chi connectivity index (χ0) is 22.8. The summed E-state index contributed by atoms with van der Waals surface area (Å²) >= 11 is 0. The van der Waals surface area contributed by atoms with Gasteiger partial charge < -0.3 is 9.94 Å². The molecule has 1 N–H and O–H groups in total. The molecule has 0 spiro atoms. The molecule has 1 aromatic heterocycles. The molecule has 4 rings (SSSR count). The summed E-state index contributed by atoms with van der Waals surface area (Å²) in [6, 6.07) is 19.2. The standard InChI is InChI=1S/C25H23FN2O4/c1-16(2)22-23(21-9-5-7-18-6-3-4-8-20(18)21)27(25(30)28(31)24(22)29)15-32-14-17-10-12-19(26)13-11-17/h3-13,16,31H,14-15H2,1-2H3. The zero-order valence-electron chi connectivity index (χ0n) is 17.8. The molecular formula is C25H23FN2O4. The van der Waals surface area contributed by atoms with Crippen LogP contribution in [0.5, 0.6) is 0 Å². The highest BCUT2D eigenvalue weighted by molar-refractivity contribution is 5.96. The molecule has 0 saturated heterocycles. The van der Waals surface area contributed by atoms with Crippen LogP contribution in [-0.4, -0.2) is 14.5 Å². The predicted octanol–water partition coefficient (Wildman–Crippen LogP) is 4.50. The van der Waals surface area contributed by atoms with E-state index in [0.717, 1.165) is 16.3 Å². The molecule has 7 heteroatoms. The Labute approximate surface area is 183 Å². The van der Waals surface area contributed by atoms with Crippen LogP contribution in [0.2, 0.25) is 0 Å². The van der Waals surface area contributed by atoms with Crippen molar-refractivity contribution in [2.45, 2.75) is 33.1 Å². The van der Waals surface area contributed by atoms with Crippen molar-refractivity contribution in [1.29, 1.82) is 0 Å². The highest BCUT2D eigenvalue weighted by Gasteiger charge is 2.23. The summed E-state index contributed by atoms with van der Waals surface area (Å²) in [5.74, 6) is -0.615. The first-order chi connectivity index (χ1) is 15.4. The zero-order valence-corrected chi connectivity index (χ0v) is 17.8. The lowest BCUT2D eigenvalue weighted by Crippen LogP contribution is -2.42. The number of fused-ring (bicyclic) bond motifs is 1. The van der Waals surface area contributed by atoms with Crippen molar-refractivity contribution >= 4 is 10.8 Å². The molecule has 4 aromatic rings. The van der Waals surface area contributed by atoms with E-state index in [4.69, 9.17) is 4.74 Å². The van der Waals surface area contributed by atoms with Gasteiger partial charge in [0.1, 0.15) is 12.5 Å². The third-order valence-corrected chi connectivity index (χ3v) is 5.38. The van der Waals surface area contributed by atoms with Gasteiger partial charge in [-0.1, -0.05) is 73.2 Å². The number of hydrogen-bond donors (Lipinski definition) is 1. The van der Waals surface area contributed by atoms with Crippen molar-refractivity contribution in [3.8, 4) is 11.3 Å². The highest BCUT2D eigenvalue weighted by atomic mass is 19.1. The Morgan fingerprint density at radius 3 is 2.38 bits per heavy atom. The highest BCUT2D eigenvalue weighted by Crippen LogP contribution is 2.32. The van der Waals surface area contributed by atoms with Crippen LogP contribution < -0.4 is 11.2 Å². The maximum Gasteiger partial charge on any atom is 0.366 e. The van der Waals surface area contributed by atoms with Gasteiger partial charge in [-0.05, 0) is 34.4 Å². The van der Waals surface area contributed by atoms with Crippen molar-refractivity contribution in [2.75, 3.05) is 0 Å². The minimum absolute atomic E-state index is 0.128. The first-order valence-corrected chi connectivity index (χ1v) is 10.3. The summed E-state index contributed by atoms with van der Waals surface area (Å²) in [6.45, 7) is 3.59. The van der Waals surface area contributed by atoms with Gasteiger partial charge in [-0.3, -0.25) is 9.36 Å². The normalized spacial score (nSPS) is 11.4. The minimum atomic E-state index is -0.888. The molecule has 3 aromatic carbocycles. The Hall–Kier alpha value is -3.71. The quantitative estimate of drug-likeness (QED) is 0.454. The van der Waals surface area contributed by atoms with Crippen molar-refractivity contribution in [3.63, 3.8) is 0 Å². The Kier molecular flexibility index (Phi) is 5.92. The average Bonchev–Trinajstić information content (AvgIpc) is 2.79. The number of rotatable bonds is 6. The van der Waals surface area contributed by atoms with E-state index in [-0.39, 0.29) is 29.8 Å². The van der Waals surface area contributed by atoms with Crippen molar-refractivity contribution in [1.82, 2.24) is 9.30 Å². The summed E-state index contributed by atoms with van der Waals surface area (Å²) in [4.78, 5) is 25.8. The van der Waals surface area contributed by atoms with Crippen molar-refractivity contribution in [3.05, 3.63) is 105 Å². The Balaban J connectivity index is 1.88. The maximum atomic E-state index is 13.2. The van der Waals surface area contributed by atoms with Gasteiger partial charge in [-0.25, -0.2) is 9.18 Å². The van der Waals surface area contributed by atoms with Crippen LogP contribution in [0, 0.1) is 5.82 Å². The monoisotopic (exact) mass is 434 g/mol. The van der Waals surface area contributed by atoms with E-state index in [1.165, 1.54) is 16.7 Å². The molecule has 0 bridgehead atoms. The van der Waals surface area contributed by atoms with Crippen LogP contribution in [0.15, 0.2) is 76.3 Å². The summed E-state index contributed by atoms with van der Waals surface area (Å²) in [5.41, 5.74) is 0.522. The molecule has 0 amide bonds. The number of halogens is 1. The second-order valence-electron chi connectivity index (χ2n) is 7.88. The third kappa shape index (κ3) is 3.94. The van der Waals surface area contributed by atoms with Crippen LogP contribution in [-0.2, 0) is 18.1 Å². The fourth-order valence-corrected chi connectivity index (χ4v) is 3.86. The minimum Gasteiger partial charge on any atom is -0.421 e. The molecule has 0 aliphatic heterocycles. The first kappa shape index (κ1) is 21.5. The molecule has 0 atom stereocenters. The number of aromatic nitrogens is 2. The molecule has 164 valence electrons. The molecule has 0 saturated carbocycles. The molecule has 0 aliphatic rings. The second-order valence-corrected chi connectivity index (χ2v) is 7.88. The van der Waals surface area contributed by atoms with Crippen LogP contribution in [0.1, 0.15) is 30.9 Å². The van der Waals surface area contributed by atoms with Crippen LogP contribution in [0.25, 0.3) is 22.0 Å². The fourth-order valence-electron chi connectivity index (χ4n) is 3.86. The summed E-state index contributed by atoms with van der Waals surface area (Å²) in [7, 11) is 0.